The van der Waals surface area contributed by atoms with Gasteiger partial charge in [-0.3, -0.25) is 14.6 Å². The van der Waals surface area contributed by atoms with Crippen LogP contribution in [-0.4, -0.2) is 74.6 Å². The second-order valence-electron chi connectivity index (χ2n) is 7.41. The van der Waals surface area contributed by atoms with Crippen molar-refractivity contribution in [2.75, 3.05) is 20.7 Å². The van der Waals surface area contributed by atoms with Gasteiger partial charge in [-0.15, -0.1) is 9.78 Å². The van der Waals surface area contributed by atoms with Gasteiger partial charge in [0.05, 0.1) is 25.9 Å². The summed E-state index contributed by atoms with van der Waals surface area (Å²) in [6.07, 6.45) is 0. The van der Waals surface area contributed by atoms with E-state index >= 15 is 0 Å². The van der Waals surface area contributed by atoms with Crippen LogP contribution in [-0.2, 0) is 11.3 Å². The van der Waals surface area contributed by atoms with Crippen molar-refractivity contribution in [2.45, 2.75) is 33.4 Å². The Morgan fingerprint density at radius 3 is 2.43 bits per heavy atom. The molecule has 1 unspecified atom stereocenters. The number of fused-ring (bicyclic) bond motifs is 1. The van der Waals surface area contributed by atoms with Crippen molar-refractivity contribution in [2.24, 2.45) is 4.99 Å². The number of aromatic nitrogens is 2. The minimum absolute atomic E-state index is 0.183. The first-order valence-electron chi connectivity index (χ1n) is 9.83. The standard InChI is InChI=1S/C21H25N6O3/c1-6-25-17-18(22-20(25)27-14(3)11-13(2)23-27)24(4)21(29)26(19(17)28)12-15-7-9-16(30-5)10-8-15/h7-11,17H,6,12H2,1-5H3/q+1. The minimum atomic E-state index is -0.658. The van der Waals surface area contributed by atoms with Crippen molar-refractivity contribution in [3.63, 3.8) is 0 Å². The van der Waals surface area contributed by atoms with Crippen molar-refractivity contribution in [1.82, 2.24) is 19.6 Å². The zero-order valence-electron chi connectivity index (χ0n) is 17.8. The van der Waals surface area contributed by atoms with Gasteiger partial charge in [-0.05, 0) is 44.5 Å². The van der Waals surface area contributed by atoms with Gasteiger partial charge in [-0.25, -0.2) is 9.37 Å². The number of carbonyl (C=O) groups excluding carboxylic acids is 2. The maximum Gasteiger partial charge on any atom is 0.421 e. The first-order chi connectivity index (χ1) is 14.3. The number of ether oxygens (including phenoxy) is 1. The molecule has 2 aliphatic heterocycles. The number of aryl methyl sites for hydroxylation is 2. The number of urea groups is 1. The van der Waals surface area contributed by atoms with E-state index in [9.17, 15) is 9.59 Å². The molecule has 9 nitrogen and oxygen atoms in total. The molecule has 3 amide bonds. The molecule has 0 aliphatic carbocycles. The van der Waals surface area contributed by atoms with Crippen molar-refractivity contribution < 1.29 is 18.9 Å². The first-order valence-corrected chi connectivity index (χ1v) is 9.83. The summed E-state index contributed by atoms with van der Waals surface area (Å²) < 4.78 is 8.80. The Kier molecular flexibility index (Phi) is 4.89. The lowest BCUT2D eigenvalue weighted by molar-refractivity contribution is -0.534. The van der Waals surface area contributed by atoms with E-state index in [1.165, 1.54) is 9.80 Å². The van der Waals surface area contributed by atoms with Gasteiger partial charge in [0.25, 0.3) is 5.91 Å². The summed E-state index contributed by atoms with van der Waals surface area (Å²) in [7, 11) is 3.25. The maximum atomic E-state index is 13.4. The summed E-state index contributed by atoms with van der Waals surface area (Å²) in [5.41, 5.74) is 2.62. The fraction of sp³-hybridized carbons (Fsp3) is 0.381. The number of benzene rings is 1. The molecule has 2 aromatic rings. The first kappa shape index (κ1) is 19.8. The van der Waals surface area contributed by atoms with E-state index in [1.807, 2.05) is 55.7 Å². The molecule has 1 aromatic heterocycles. The van der Waals surface area contributed by atoms with Crippen LogP contribution in [0.5, 0.6) is 5.75 Å². The molecule has 0 bridgehead atoms. The number of nitrogens with zero attached hydrogens (tertiary/aromatic N) is 6. The van der Waals surface area contributed by atoms with Crippen LogP contribution >= 0.6 is 0 Å². The van der Waals surface area contributed by atoms with Crippen LogP contribution < -0.4 is 4.74 Å². The van der Waals surface area contributed by atoms with E-state index < -0.39 is 12.1 Å². The van der Waals surface area contributed by atoms with Crippen LogP contribution in [0.25, 0.3) is 0 Å². The summed E-state index contributed by atoms with van der Waals surface area (Å²) in [5, 5.41) is 4.51. The van der Waals surface area contributed by atoms with E-state index in [0.717, 1.165) is 22.7 Å². The van der Waals surface area contributed by atoms with Gasteiger partial charge < -0.3 is 4.74 Å². The Hall–Kier alpha value is -3.49. The van der Waals surface area contributed by atoms with E-state index in [1.54, 1.807) is 18.8 Å². The minimum Gasteiger partial charge on any atom is -0.497 e. The lowest BCUT2D eigenvalue weighted by atomic mass is 10.1. The lowest BCUT2D eigenvalue weighted by Crippen LogP contribution is -2.62. The molecule has 1 fully saturated rings. The van der Waals surface area contributed by atoms with E-state index in [-0.39, 0.29) is 12.5 Å². The number of imide groups is 1. The molecule has 2 aliphatic rings. The molecule has 3 heterocycles. The average molecular weight is 409 g/mol. The highest BCUT2D eigenvalue weighted by atomic mass is 16.5. The number of aliphatic imine (C=N–C) groups is 1. The molecule has 156 valence electrons. The smallest absolute Gasteiger partial charge is 0.421 e. The Morgan fingerprint density at radius 1 is 1.17 bits per heavy atom. The fourth-order valence-corrected chi connectivity index (χ4v) is 3.89. The number of likely N-dealkylation sites (N-methyl/N-ethyl adjacent to an activating group) is 2. The second-order valence-corrected chi connectivity index (χ2v) is 7.41. The van der Waals surface area contributed by atoms with Gasteiger partial charge in [0.2, 0.25) is 11.9 Å². The van der Waals surface area contributed by atoms with Crippen molar-refractivity contribution in [3.8, 4) is 5.75 Å². The van der Waals surface area contributed by atoms with E-state index in [4.69, 9.17) is 4.74 Å². The topological polar surface area (TPSA) is 83.0 Å². The molecule has 0 saturated carbocycles. The van der Waals surface area contributed by atoms with Crippen LogP contribution in [0.1, 0.15) is 23.9 Å². The summed E-state index contributed by atoms with van der Waals surface area (Å²) in [6.45, 7) is 6.54. The van der Waals surface area contributed by atoms with Crippen molar-refractivity contribution in [3.05, 3.63) is 47.3 Å². The monoisotopic (exact) mass is 409 g/mol. The Morgan fingerprint density at radius 2 is 1.87 bits per heavy atom. The van der Waals surface area contributed by atoms with Crippen LogP contribution in [0, 0.1) is 13.8 Å². The molecule has 30 heavy (non-hydrogen) atoms. The van der Waals surface area contributed by atoms with Crippen molar-refractivity contribution in [1.29, 1.82) is 0 Å². The number of amidine groups is 1. The van der Waals surface area contributed by atoms with Gasteiger partial charge in [0.1, 0.15) is 11.4 Å². The third-order valence-electron chi connectivity index (χ3n) is 5.43. The fourth-order valence-electron chi connectivity index (χ4n) is 3.89. The summed E-state index contributed by atoms with van der Waals surface area (Å²) in [6, 6.07) is 8.23. The number of amides is 3. The molecular formula is C21H25N6O3+. The number of methoxy groups -OCH3 is 1. The van der Waals surface area contributed by atoms with Crippen LogP contribution in [0.3, 0.4) is 0 Å². The molecule has 0 N–H and O–H groups in total. The summed E-state index contributed by atoms with van der Waals surface area (Å²) in [5.74, 6) is 1.42. The zero-order valence-corrected chi connectivity index (χ0v) is 17.8. The van der Waals surface area contributed by atoms with Crippen molar-refractivity contribution >= 4 is 23.7 Å². The number of hydrogen-bond donors (Lipinski definition) is 0. The Balaban J connectivity index is 1.71. The Bertz CT molecular complexity index is 1080. The molecule has 1 atom stereocenters. The van der Waals surface area contributed by atoms with Crippen LogP contribution in [0.2, 0.25) is 0 Å². The predicted octanol–water partition coefficient (Wildman–Crippen LogP) is 1.62. The van der Waals surface area contributed by atoms with Gasteiger partial charge in [-0.2, -0.15) is 0 Å². The van der Waals surface area contributed by atoms with Gasteiger partial charge in [0, 0.05) is 7.05 Å². The normalized spacial score (nSPS) is 18.8. The molecular weight excluding hydrogens is 384 g/mol. The Labute approximate surface area is 174 Å². The largest absolute Gasteiger partial charge is 0.497 e. The molecule has 0 radical (unpaired) electrons. The van der Waals surface area contributed by atoms with Gasteiger partial charge >= 0.3 is 12.0 Å². The quantitative estimate of drug-likeness (QED) is 0.719. The average Bonchev–Trinajstić information content (AvgIpc) is 3.29. The highest BCUT2D eigenvalue weighted by molar-refractivity contribution is 6.22. The lowest BCUT2D eigenvalue weighted by Gasteiger charge is -2.34. The number of rotatable bonds is 4. The molecule has 9 heteroatoms. The highest BCUT2D eigenvalue weighted by Gasteiger charge is 2.52. The van der Waals surface area contributed by atoms with Crippen LogP contribution in [0.15, 0.2) is 35.3 Å². The van der Waals surface area contributed by atoms with E-state index in [0.29, 0.717) is 18.3 Å². The molecule has 4 rings (SSSR count). The maximum absolute atomic E-state index is 13.4. The zero-order chi connectivity index (χ0) is 21.6. The number of carbonyl (C=O) groups is 2. The molecule has 1 aromatic carbocycles. The molecule has 1 saturated heterocycles. The van der Waals surface area contributed by atoms with E-state index in [2.05, 4.69) is 10.1 Å². The SMILES string of the molecule is CC[N+]1=C(n2nc(C)cc2C)N=C2C1C(=O)N(Cc1ccc(OC)cc1)C(=O)N2C. The predicted molar refractivity (Wildman–Crippen MR) is 111 cm³/mol. The highest BCUT2D eigenvalue weighted by Crippen LogP contribution is 2.23. The second kappa shape index (κ2) is 7.40. The third-order valence-corrected chi connectivity index (χ3v) is 5.43. The van der Waals surface area contributed by atoms with Gasteiger partial charge in [-0.1, -0.05) is 17.1 Å². The van der Waals surface area contributed by atoms with Gasteiger partial charge in [0.15, 0.2) is 0 Å². The summed E-state index contributed by atoms with van der Waals surface area (Å²) >= 11 is 0. The van der Waals surface area contributed by atoms with Crippen LogP contribution in [0.4, 0.5) is 4.79 Å². The third kappa shape index (κ3) is 3.06. The summed E-state index contributed by atoms with van der Waals surface area (Å²) in [4.78, 5) is 33.8. The molecule has 0 spiro atoms. The number of hydrogen-bond acceptors (Lipinski definition) is 5.